The van der Waals surface area contributed by atoms with Gasteiger partial charge in [-0.05, 0) is 0 Å². The molecule has 0 aromatic carbocycles. The van der Waals surface area contributed by atoms with Gasteiger partial charge in [-0.3, -0.25) is 4.79 Å². The molecule has 2 aromatic heterocycles. The Morgan fingerprint density at radius 3 is 2.88 bits per heavy atom. The third-order valence-electron chi connectivity index (χ3n) is 2.91. The van der Waals surface area contributed by atoms with Gasteiger partial charge < -0.3 is 15.6 Å². The molecule has 0 saturated carbocycles. The van der Waals surface area contributed by atoms with Crippen LogP contribution in [0, 0.1) is 0 Å². The van der Waals surface area contributed by atoms with Crippen LogP contribution in [0.4, 0.5) is 5.95 Å². The summed E-state index contributed by atoms with van der Waals surface area (Å²) in [4.78, 5) is 24.0. The van der Waals surface area contributed by atoms with Crippen LogP contribution in [0.5, 0.6) is 0 Å². The molecule has 2 heterocycles. The molecule has 0 aliphatic carbocycles. The van der Waals surface area contributed by atoms with Gasteiger partial charge in [0.05, 0.1) is 19.1 Å². The normalized spacial score (nSPS) is 12.9. The maximum absolute atomic E-state index is 12.2. The minimum Gasteiger partial charge on any atom is -0.368 e. The number of carbonyl (C=O) groups excluding carboxylic acids is 1. The number of nitrogen functional groups attached to an aromatic ring is 1. The van der Waals surface area contributed by atoms with Gasteiger partial charge >= 0.3 is 0 Å². The van der Waals surface area contributed by atoms with Gasteiger partial charge in [0, 0.05) is 6.54 Å². The van der Waals surface area contributed by atoms with Gasteiger partial charge in [0.2, 0.25) is 21.9 Å². The van der Waals surface area contributed by atoms with Crippen molar-refractivity contribution in [3.05, 3.63) is 24.1 Å². The van der Waals surface area contributed by atoms with Crippen LogP contribution in [0.1, 0.15) is 0 Å². The van der Waals surface area contributed by atoms with Crippen molar-refractivity contribution in [2.24, 2.45) is 0 Å². The van der Waals surface area contributed by atoms with Gasteiger partial charge in [-0.1, -0.05) is 17.7 Å². The summed E-state index contributed by atoms with van der Waals surface area (Å²) >= 11 is 5.94. The molecular formula is C12H16ClN7O3S. The predicted octanol–water partition coefficient (Wildman–Crippen LogP) is -0.718. The topological polar surface area (TPSA) is 145 Å². The SMILES string of the molecule is C=CCNC(=O)[C@H](Cn1cnc2c(Cl)nc(N)nc21)NS(C)(=O)=O. The molecule has 0 aliphatic heterocycles. The molecule has 24 heavy (non-hydrogen) atoms. The van der Waals surface area contributed by atoms with Crippen molar-refractivity contribution < 1.29 is 13.2 Å². The van der Waals surface area contributed by atoms with Gasteiger partial charge in [-0.15, -0.1) is 6.58 Å². The van der Waals surface area contributed by atoms with E-state index in [9.17, 15) is 13.2 Å². The first-order valence-electron chi connectivity index (χ1n) is 6.71. The quantitative estimate of drug-likeness (QED) is 0.429. The van der Waals surface area contributed by atoms with Crippen LogP contribution in [0.3, 0.4) is 0 Å². The number of fused-ring (bicyclic) bond motifs is 1. The summed E-state index contributed by atoms with van der Waals surface area (Å²) < 4.78 is 26.8. The Bertz CT molecular complexity index is 880. The van der Waals surface area contributed by atoms with Gasteiger partial charge in [-0.25, -0.2) is 18.1 Å². The van der Waals surface area contributed by atoms with Gasteiger partial charge in [0.1, 0.15) is 11.6 Å². The van der Waals surface area contributed by atoms with Crippen molar-refractivity contribution in [1.29, 1.82) is 0 Å². The van der Waals surface area contributed by atoms with E-state index in [2.05, 4.69) is 31.6 Å². The summed E-state index contributed by atoms with van der Waals surface area (Å²) in [5.41, 5.74) is 6.16. The second-order valence-electron chi connectivity index (χ2n) is 4.92. The molecule has 0 bridgehead atoms. The Kier molecular flexibility index (Phi) is 5.36. The highest BCUT2D eigenvalue weighted by Crippen LogP contribution is 2.19. The molecule has 2 aromatic rings. The number of imidazole rings is 1. The number of hydrogen-bond donors (Lipinski definition) is 3. The third-order valence-corrected chi connectivity index (χ3v) is 3.89. The van der Waals surface area contributed by atoms with E-state index in [1.54, 1.807) is 0 Å². The number of rotatable bonds is 7. The van der Waals surface area contributed by atoms with Crippen LogP contribution < -0.4 is 15.8 Å². The van der Waals surface area contributed by atoms with E-state index in [0.717, 1.165) is 6.26 Å². The molecule has 130 valence electrons. The molecule has 1 atom stereocenters. The molecular weight excluding hydrogens is 358 g/mol. The smallest absolute Gasteiger partial charge is 0.240 e. The second kappa shape index (κ2) is 7.11. The van der Waals surface area contributed by atoms with E-state index in [1.807, 2.05) is 0 Å². The summed E-state index contributed by atoms with van der Waals surface area (Å²) in [6.07, 6.45) is 3.82. The minimum absolute atomic E-state index is 0.0562. The Hall–Kier alpha value is -2.24. The zero-order valence-corrected chi connectivity index (χ0v) is 14.3. The van der Waals surface area contributed by atoms with Crippen molar-refractivity contribution in [3.63, 3.8) is 0 Å². The van der Waals surface area contributed by atoms with Gasteiger partial charge in [0.25, 0.3) is 0 Å². The number of halogens is 1. The zero-order valence-electron chi connectivity index (χ0n) is 12.7. The Morgan fingerprint density at radius 2 is 2.25 bits per heavy atom. The number of nitrogens with two attached hydrogens (primary N) is 1. The molecule has 0 saturated heterocycles. The minimum atomic E-state index is -3.62. The lowest BCUT2D eigenvalue weighted by Gasteiger charge is -2.17. The third kappa shape index (κ3) is 4.40. The van der Waals surface area contributed by atoms with Crippen LogP contribution in [-0.4, -0.2) is 52.7 Å². The van der Waals surface area contributed by atoms with Crippen molar-refractivity contribution in [2.45, 2.75) is 12.6 Å². The monoisotopic (exact) mass is 373 g/mol. The van der Waals surface area contributed by atoms with Crippen molar-refractivity contribution in [1.82, 2.24) is 29.6 Å². The van der Waals surface area contributed by atoms with Crippen LogP contribution in [0.2, 0.25) is 5.15 Å². The number of aromatic nitrogens is 4. The van der Waals surface area contributed by atoms with Crippen molar-refractivity contribution >= 4 is 44.6 Å². The number of nitrogens with one attached hydrogen (secondary N) is 2. The van der Waals surface area contributed by atoms with Gasteiger partial charge in [0.15, 0.2) is 10.8 Å². The number of anilines is 1. The number of carbonyl (C=O) groups is 1. The first-order valence-corrected chi connectivity index (χ1v) is 8.98. The average Bonchev–Trinajstić information content (AvgIpc) is 2.86. The molecule has 1 amide bonds. The van der Waals surface area contributed by atoms with E-state index in [0.29, 0.717) is 11.2 Å². The van der Waals surface area contributed by atoms with E-state index in [1.165, 1.54) is 17.0 Å². The van der Waals surface area contributed by atoms with Gasteiger partial charge in [-0.2, -0.15) is 9.97 Å². The number of nitrogens with zero attached hydrogens (tertiary/aromatic N) is 4. The molecule has 0 radical (unpaired) electrons. The van der Waals surface area contributed by atoms with Crippen LogP contribution in [0.25, 0.3) is 11.2 Å². The Balaban J connectivity index is 2.35. The lowest BCUT2D eigenvalue weighted by atomic mass is 10.3. The lowest BCUT2D eigenvalue weighted by Crippen LogP contribution is -2.48. The molecule has 10 nitrogen and oxygen atoms in total. The molecule has 0 aliphatic rings. The first kappa shape index (κ1) is 18.1. The number of amides is 1. The highest BCUT2D eigenvalue weighted by atomic mass is 35.5. The maximum Gasteiger partial charge on any atom is 0.240 e. The van der Waals surface area contributed by atoms with E-state index in [4.69, 9.17) is 17.3 Å². The molecule has 4 N–H and O–H groups in total. The second-order valence-corrected chi connectivity index (χ2v) is 7.06. The summed E-state index contributed by atoms with van der Waals surface area (Å²) in [5, 5.41) is 2.61. The fourth-order valence-electron chi connectivity index (χ4n) is 1.98. The van der Waals surface area contributed by atoms with E-state index in [-0.39, 0.29) is 24.2 Å². The van der Waals surface area contributed by atoms with E-state index >= 15 is 0 Å². The standard InChI is InChI=1S/C12H16ClN7O3S/c1-3-4-15-11(21)7(19-24(2,22)23)5-20-6-16-8-9(13)17-12(14)18-10(8)20/h3,6-7,19H,1,4-5H2,2H3,(H,15,21)(H2,14,17,18)/t7-/m0/s1. The molecule has 12 heteroatoms. The molecule has 0 spiro atoms. The summed E-state index contributed by atoms with van der Waals surface area (Å²) in [6, 6.07) is -1.08. The summed E-state index contributed by atoms with van der Waals surface area (Å²) in [5.74, 6) is -0.576. The Labute approximate surface area is 143 Å². The van der Waals surface area contributed by atoms with Crippen LogP contribution in [-0.2, 0) is 21.4 Å². The zero-order chi connectivity index (χ0) is 17.9. The first-order chi connectivity index (χ1) is 11.2. The maximum atomic E-state index is 12.2. The average molecular weight is 374 g/mol. The predicted molar refractivity (Wildman–Crippen MR) is 89.7 cm³/mol. The fraction of sp³-hybridized carbons (Fsp3) is 0.333. The van der Waals surface area contributed by atoms with Crippen molar-refractivity contribution in [3.8, 4) is 0 Å². The summed E-state index contributed by atoms with van der Waals surface area (Å²) in [7, 11) is -3.62. The van der Waals surface area contributed by atoms with Crippen molar-refractivity contribution in [2.75, 3.05) is 18.5 Å². The summed E-state index contributed by atoms with van der Waals surface area (Å²) in [6.45, 7) is 3.63. The highest BCUT2D eigenvalue weighted by Gasteiger charge is 2.24. The number of hydrogen-bond acceptors (Lipinski definition) is 7. The van der Waals surface area contributed by atoms with Crippen LogP contribution in [0.15, 0.2) is 19.0 Å². The number of sulfonamides is 1. The van der Waals surface area contributed by atoms with Crippen LogP contribution >= 0.6 is 11.6 Å². The lowest BCUT2D eigenvalue weighted by molar-refractivity contribution is -0.122. The molecule has 0 unspecified atom stereocenters. The molecule has 0 fully saturated rings. The Morgan fingerprint density at radius 1 is 1.54 bits per heavy atom. The molecule has 2 rings (SSSR count). The fourth-order valence-corrected chi connectivity index (χ4v) is 2.90. The highest BCUT2D eigenvalue weighted by molar-refractivity contribution is 7.88. The van der Waals surface area contributed by atoms with E-state index < -0.39 is 22.0 Å². The largest absolute Gasteiger partial charge is 0.368 e.